The highest BCUT2D eigenvalue weighted by Gasteiger charge is 2.12. The summed E-state index contributed by atoms with van der Waals surface area (Å²) in [5.41, 5.74) is 0.537. The SMILES string of the molecule is C=CCNC(=O)C(=O)Nc1ccc(OC(C)C)cc1. The molecule has 5 nitrogen and oxygen atoms in total. The number of hydrogen-bond donors (Lipinski definition) is 2. The van der Waals surface area contributed by atoms with E-state index in [-0.39, 0.29) is 12.6 Å². The summed E-state index contributed by atoms with van der Waals surface area (Å²) in [6.45, 7) is 7.57. The summed E-state index contributed by atoms with van der Waals surface area (Å²) in [6.07, 6.45) is 1.59. The van der Waals surface area contributed by atoms with Crippen molar-refractivity contribution < 1.29 is 14.3 Å². The molecule has 0 heterocycles. The monoisotopic (exact) mass is 262 g/mol. The molecule has 0 atom stereocenters. The van der Waals surface area contributed by atoms with Gasteiger partial charge in [0.1, 0.15) is 5.75 Å². The first kappa shape index (κ1) is 14.8. The fourth-order valence-electron chi connectivity index (χ4n) is 1.32. The van der Waals surface area contributed by atoms with Crippen molar-refractivity contribution in [2.24, 2.45) is 0 Å². The quantitative estimate of drug-likeness (QED) is 0.627. The van der Waals surface area contributed by atoms with Gasteiger partial charge in [0.15, 0.2) is 0 Å². The standard InChI is InChI=1S/C14H18N2O3/c1-4-9-15-13(17)14(18)16-11-5-7-12(8-6-11)19-10(2)3/h4-8,10H,1,9H2,2-3H3,(H,15,17)(H,16,18). The Labute approximate surface area is 112 Å². The van der Waals surface area contributed by atoms with E-state index >= 15 is 0 Å². The minimum Gasteiger partial charge on any atom is -0.491 e. The molecular weight excluding hydrogens is 244 g/mol. The Kier molecular flexibility index (Phi) is 5.60. The van der Waals surface area contributed by atoms with Crippen molar-refractivity contribution in [3.63, 3.8) is 0 Å². The van der Waals surface area contributed by atoms with E-state index in [0.29, 0.717) is 11.4 Å². The molecule has 2 N–H and O–H groups in total. The molecule has 102 valence electrons. The first-order valence-electron chi connectivity index (χ1n) is 5.99. The number of benzene rings is 1. The Balaban J connectivity index is 2.55. The second kappa shape index (κ2) is 7.20. The molecule has 0 aliphatic carbocycles. The van der Waals surface area contributed by atoms with Crippen molar-refractivity contribution >= 4 is 17.5 Å². The van der Waals surface area contributed by atoms with Crippen LogP contribution in [0.25, 0.3) is 0 Å². The van der Waals surface area contributed by atoms with Crippen molar-refractivity contribution in [3.8, 4) is 5.75 Å². The Hall–Kier alpha value is -2.30. The number of hydrogen-bond acceptors (Lipinski definition) is 3. The summed E-state index contributed by atoms with van der Waals surface area (Å²) in [4.78, 5) is 22.8. The molecule has 1 aromatic carbocycles. The highest BCUT2D eigenvalue weighted by molar-refractivity contribution is 6.39. The van der Waals surface area contributed by atoms with Gasteiger partial charge in [-0.25, -0.2) is 0 Å². The number of nitrogens with one attached hydrogen (secondary N) is 2. The first-order chi connectivity index (χ1) is 9.02. The zero-order valence-electron chi connectivity index (χ0n) is 11.1. The third-order valence-electron chi connectivity index (χ3n) is 2.10. The predicted molar refractivity (Wildman–Crippen MR) is 74.0 cm³/mol. The maximum atomic E-state index is 11.5. The summed E-state index contributed by atoms with van der Waals surface area (Å²) in [6, 6.07) is 6.82. The van der Waals surface area contributed by atoms with Crippen LogP contribution in [0.2, 0.25) is 0 Å². The number of anilines is 1. The van der Waals surface area contributed by atoms with Crippen molar-refractivity contribution in [1.29, 1.82) is 0 Å². The Bertz CT molecular complexity index is 452. The minimum absolute atomic E-state index is 0.0881. The van der Waals surface area contributed by atoms with Gasteiger partial charge in [-0.3, -0.25) is 9.59 Å². The van der Waals surface area contributed by atoms with Crippen LogP contribution in [0, 0.1) is 0 Å². The highest BCUT2D eigenvalue weighted by Crippen LogP contribution is 2.16. The lowest BCUT2D eigenvalue weighted by atomic mass is 10.3. The summed E-state index contributed by atoms with van der Waals surface area (Å²) >= 11 is 0. The lowest BCUT2D eigenvalue weighted by Gasteiger charge is -2.10. The van der Waals surface area contributed by atoms with Crippen LogP contribution >= 0.6 is 0 Å². The number of carbonyl (C=O) groups is 2. The summed E-state index contributed by atoms with van der Waals surface area (Å²) in [5.74, 6) is -0.689. The van der Waals surface area contributed by atoms with E-state index < -0.39 is 11.8 Å². The summed E-state index contributed by atoms with van der Waals surface area (Å²) in [5, 5.41) is 4.89. The molecule has 0 unspecified atom stereocenters. The smallest absolute Gasteiger partial charge is 0.313 e. The molecule has 0 saturated carbocycles. The number of rotatable bonds is 5. The third-order valence-corrected chi connectivity index (χ3v) is 2.10. The van der Waals surface area contributed by atoms with Crippen molar-refractivity contribution in [2.45, 2.75) is 20.0 Å². The van der Waals surface area contributed by atoms with E-state index in [1.165, 1.54) is 6.08 Å². The number of carbonyl (C=O) groups excluding carboxylic acids is 2. The Morgan fingerprint density at radius 3 is 2.42 bits per heavy atom. The zero-order valence-corrected chi connectivity index (χ0v) is 11.1. The van der Waals surface area contributed by atoms with Gasteiger partial charge in [-0.2, -0.15) is 0 Å². The molecule has 1 aromatic rings. The zero-order chi connectivity index (χ0) is 14.3. The van der Waals surface area contributed by atoms with Crippen LogP contribution in [0.3, 0.4) is 0 Å². The largest absolute Gasteiger partial charge is 0.491 e. The van der Waals surface area contributed by atoms with Gasteiger partial charge in [-0.05, 0) is 38.1 Å². The minimum atomic E-state index is -0.709. The molecule has 5 heteroatoms. The fourth-order valence-corrected chi connectivity index (χ4v) is 1.32. The van der Waals surface area contributed by atoms with Crippen molar-refractivity contribution in [2.75, 3.05) is 11.9 Å². The number of amides is 2. The molecule has 0 aromatic heterocycles. The van der Waals surface area contributed by atoms with Gasteiger partial charge in [0.05, 0.1) is 6.10 Å². The predicted octanol–water partition coefficient (Wildman–Crippen LogP) is 1.71. The Morgan fingerprint density at radius 1 is 1.26 bits per heavy atom. The topological polar surface area (TPSA) is 67.4 Å². The van der Waals surface area contributed by atoms with Gasteiger partial charge in [0.25, 0.3) is 0 Å². The van der Waals surface area contributed by atoms with Gasteiger partial charge < -0.3 is 15.4 Å². The summed E-state index contributed by atoms with van der Waals surface area (Å²) in [7, 11) is 0. The highest BCUT2D eigenvalue weighted by atomic mass is 16.5. The van der Waals surface area contributed by atoms with Crippen LogP contribution in [-0.2, 0) is 9.59 Å². The molecule has 1 rings (SSSR count). The molecule has 0 radical (unpaired) electrons. The van der Waals surface area contributed by atoms with Gasteiger partial charge in [-0.15, -0.1) is 6.58 Å². The first-order valence-corrected chi connectivity index (χ1v) is 5.99. The van der Waals surface area contributed by atoms with Crippen LogP contribution in [0.5, 0.6) is 5.75 Å². The molecule has 0 aliphatic heterocycles. The molecule has 0 fully saturated rings. The van der Waals surface area contributed by atoms with Crippen LogP contribution in [0.4, 0.5) is 5.69 Å². The molecule has 0 bridgehead atoms. The normalized spacial score (nSPS) is 9.84. The lowest BCUT2D eigenvalue weighted by molar-refractivity contribution is -0.136. The molecular formula is C14H18N2O3. The second-order valence-electron chi connectivity index (χ2n) is 4.14. The lowest BCUT2D eigenvalue weighted by Crippen LogP contribution is -2.35. The molecule has 0 aliphatic rings. The summed E-state index contributed by atoms with van der Waals surface area (Å²) < 4.78 is 5.47. The van der Waals surface area contributed by atoms with Crippen molar-refractivity contribution in [1.82, 2.24) is 5.32 Å². The molecule has 2 amide bonds. The number of ether oxygens (including phenoxy) is 1. The average Bonchev–Trinajstić information content (AvgIpc) is 2.37. The molecule has 0 spiro atoms. The van der Waals surface area contributed by atoms with Crippen LogP contribution < -0.4 is 15.4 Å². The van der Waals surface area contributed by atoms with E-state index in [9.17, 15) is 9.59 Å². The van der Waals surface area contributed by atoms with Crippen LogP contribution in [0.15, 0.2) is 36.9 Å². The average molecular weight is 262 g/mol. The van der Waals surface area contributed by atoms with Gasteiger partial charge in [-0.1, -0.05) is 6.08 Å². The van der Waals surface area contributed by atoms with E-state index in [2.05, 4.69) is 17.2 Å². The van der Waals surface area contributed by atoms with E-state index in [4.69, 9.17) is 4.74 Å². The molecule has 0 saturated heterocycles. The fraction of sp³-hybridized carbons (Fsp3) is 0.286. The van der Waals surface area contributed by atoms with E-state index in [1.807, 2.05) is 13.8 Å². The van der Waals surface area contributed by atoms with Crippen LogP contribution in [0.1, 0.15) is 13.8 Å². The third kappa shape index (κ3) is 5.25. The van der Waals surface area contributed by atoms with Crippen LogP contribution in [-0.4, -0.2) is 24.5 Å². The Morgan fingerprint density at radius 2 is 1.89 bits per heavy atom. The van der Waals surface area contributed by atoms with Gasteiger partial charge in [0.2, 0.25) is 0 Å². The van der Waals surface area contributed by atoms with Crippen molar-refractivity contribution in [3.05, 3.63) is 36.9 Å². The van der Waals surface area contributed by atoms with Gasteiger partial charge in [0, 0.05) is 12.2 Å². The van der Waals surface area contributed by atoms with E-state index in [1.54, 1.807) is 24.3 Å². The second-order valence-corrected chi connectivity index (χ2v) is 4.14. The van der Waals surface area contributed by atoms with E-state index in [0.717, 1.165) is 0 Å². The van der Waals surface area contributed by atoms with Gasteiger partial charge >= 0.3 is 11.8 Å². The maximum Gasteiger partial charge on any atom is 0.313 e. The molecule has 19 heavy (non-hydrogen) atoms. The maximum absolute atomic E-state index is 11.5.